The minimum atomic E-state index is -4.40. The number of alkyl halides is 3. The van der Waals surface area contributed by atoms with E-state index in [1.807, 2.05) is 19.0 Å². The maximum absolute atomic E-state index is 14.9. The number of rotatable bonds is 9. The molecule has 3 aromatic rings. The molecule has 0 radical (unpaired) electrons. The van der Waals surface area contributed by atoms with Crippen LogP contribution in [0.5, 0.6) is 0 Å². The van der Waals surface area contributed by atoms with Gasteiger partial charge in [0.15, 0.2) is 0 Å². The Kier molecular flexibility index (Phi) is 6.62. The number of pyridine rings is 1. The maximum atomic E-state index is 14.9. The van der Waals surface area contributed by atoms with Crippen molar-refractivity contribution >= 4 is 16.8 Å². The smallest absolute Gasteiger partial charge is 0.355 e. The van der Waals surface area contributed by atoms with Gasteiger partial charge in [0.25, 0.3) is 0 Å². The molecule has 1 saturated carbocycles. The van der Waals surface area contributed by atoms with Crippen molar-refractivity contribution < 1.29 is 22.4 Å². The van der Waals surface area contributed by atoms with Crippen LogP contribution < -0.4 is 5.32 Å². The fourth-order valence-electron chi connectivity index (χ4n) is 4.54. The number of nitrogens with zero attached hydrogens (tertiary/aromatic N) is 3. The molecule has 182 valence electrons. The van der Waals surface area contributed by atoms with Crippen molar-refractivity contribution in [2.45, 2.75) is 43.8 Å². The van der Waals surface area contributed by atoms with Gasteiger partial charge in [-0.25, -0.2) is 4.39 Å². The number of H-pyrrole nitrogens is 1. The molecule has 1 fully saturated rings. The van der Waals surface area contributed by atoms with Crippen molar-refractivity contribution in [2.75, 3.05) is 20.6 Å². The van der Waals surface area contributed by atoms with Crippen molar-refractivity contribution in [3.05, 3.63) is 59.8 Å². The summed E-state index contributed by atoms with van der Waals surface area (Å²) in [5.74, 6) is -1.84. The third-order valence-corrected chi connectivity index (χ3v) is 6.86. The summed E-state index contributed by atoms with van der Waals surface area (Å²) < 4.78 is 56.5. The lowest BCUT2D eigenvalue weighted by molar-refractivity contribution is -0.194. The lowest BCUT2D eigenvalue weighted by Crippen LogP contribution is -2.43. The summed E-state index contributed by atoms with van der Waals surface area (Å²) in [6.07, 6.45) is -0.0499. The van der Waals surface area contributed by atoms with Gasteiger partial charge >= 0.3 is 6.18 Å². The van der Waals surface area contributed by atoms with Crippen LogP contribution in [0.15, 0.2) is 42.9 Å². The van der Waals surface area contributed by atoms with Crippen LogP contribution in [0.2, 0.25) is 0 Å². The highest BCUT2D eigenvalue weighted by molar-refractivity contribution is 5.79. The summed E-state index contributed by atoms with van der Waals surface area (Å²) in [4.78, 5) is 18.6. The zero-order valence-corrected chi connectivity index (χ0v) is 19.0. The highest BCUT2D eigenvalue weighted by atomic mass is 19.4. The molecule has 4 rings (SSSR count). The summed E-state index contributed by atoms with van der Waals surface area (Å²) in [7, 11) is 3.62. The van der Waals surface area contributed by atoms with Gasteiger partial charge in [-0.15, -0.1) is 0 Å². The fraction of sp³-hybridized carbons (Fsp3) is 0.458. The fourth-order valence-corrected chi connectivity index (χ4v) is 4.54. The number of hydrogen-bond donors (Lipinski definition) is 2. The van der Waals surface area contributed by atoms with Gasteiger partial charge in [0.1, 0.15) is 5.82 Å². The average Bonchev–Trinajstić information content (AvgIpc) is 3.47. The lowest BCUT2D eigenvalue weighted by atomic mass is 9.80. The van der Waals surface area contributed by atoms with E-state index >= 15 is 0 Å². The number of aromatic amines is 1. The predicted molar refractivity (Wildman–Crippen MR) is 120 cm³/mol. The van der Waals surface area contributed by atoms with Gasteiger partial charge in [0, 0.05) is 37.3 Å². The SMILES string of the molecule is CN(C)[C@H](CNC(=O)C[C@@H](c1cccnc1)C1(C(F)(F)F)CC1)Cc1ccc2[nH]ncc2c1F. The number of carbonyl (C=O) groups is 1. The first-order valence-corrected chi connectivity index (χ1v) is 11.1. The zero-order chi connectivity index (χ0) is 24.5. The second-order valence-electron chi connectivity index (χ2n) is 9.19. The molecule has 0 unspecified atom stereocenters. The molecule has 2 N–H and O–H groups in total. The van der Waals surface area contributed by atoms with Crippen LogP contribution in [0.1, 0.15) is 36.3 Å². The summed E-state index contributed by atoms with van der Waals surface area (Å²) in [5.41, 5.74) is -0.412. The first kappa shape index (κ1) is 24.1. The summed E-state index contributed by atoms with van der Waals surface area (Å²) in [6.45, 7) is 0.174. The third kappa shape index (κ3) is 4.77. The van der Waals surface area contributed by atoms with E-state index in [0.717, 1.165) is 0 Å². The summed E-state index contributed by atoms with van der Waals surface area (Å²) in [5, 5.41) is 9.74. The van der Waals surface area contributed by atoms with E-state index < -0.39 is 23.4 Å². The van der Waals surface area contributed by atoms with E-state index in [9.17, 15) is 22.4 Å². The normalized spacial score (nSPS) is 17.0. The number of fused-ring (bicyclic) bond motifs is 1. The molecular weight excluding hydrogens is 450 g/mol. The number of aromatic nitrogens is 3. The van der Waals surface area contributed by atoms with E-state index in [1.54, 1.807) is 24.3 Å². The van der Waals surface area contributed by atoms with Gasteiger partial charge < -0.3 is 10.2 Å². The number of hydrogen-bond acceptors (Lipinski definition) is 4. The van der Waals surface area contributed by atoms with E-state index in [0.29, 0.717) is 28.5 Å². The van der Waals surface area contributed by atoms with Crippen LogP contribution in [-0.2, 0) is 11.2 Å². The summed E-state index contributed by atoms with van der Waals surface area (Å²) in [6, 6.07) is 6.34. The molecule has 0 spiro atoms. The van der Waals surface area contributed by atoms with Gasteiger partial charge in [-0.1, -0.05) is 12.1 Å². The van der Waals surface area contributed by atoms with Crippen molar-refractivity contribution in [3.63, 3.8) is 0 Å². The van der Waals surface area contributed by atoms with Crippen LogP contribution in [0.3, 0.4) is 0 Å². The van der Waals surface area contributed by atoms with Gasteiger partial charge in [0.05, 0.1) is 22.5 Å². The van der Waals surface area contributed by atoms with E-state index in [4.69, 9.17) is 0 Å². The molecule has 0 bridgehead atoms. The molecule has 2 heterocycles. The van der Waals surface area contributed by atoms with Crippen LogP contribution in [0.4, 0.5) is 17.6 Å². The minimum Gasteiger partial charge on any atom is -0.355 e. The van der Waals surface area contributed by atoms with Crippen LogP contribution in [0, 0.1) is 11.2 Å². The molecule has 34 heavy (non-hydrogen) atoms. The van der Waals surface area contributed by atoms with Gasteiger partial charge in [0.2, 0.25) is 5.91 Å². The highest BCUT2D eigenvalue weighted by Gasteiger charge is 2.67. The first-order valence-electron chi connectivity index (χ1n) is 11.1. The van der Waals surface area contributed by atoms with Gasteiger partial charge in [-0.3, -0.25) is 14.9 Å². The molecular formula is C24H27F4N5O. The molecule has 0 aliphatic heterocycles. The van der Waals surface area contributed by atoms with Crippen LogP contribution in [-0.4, -0.2) is 58.8 Å². The molecule has 1 aliphatic rings. The van der Waals surface area contributed by atoms with E-state index in [1.165, 1.54) is 18.6 Å². The summed E-state index contributed by atoms with van der Waals surface area (Å²) >= 11 is 0. The lowest BCUT2D eigenvalue weighted by Gasteiger charge is -2.30. The monoisotopic (exact) mass is 477 g/mol. The number of benzene rings is 1. The molecule has 1 aromatic carbocycles. The maximum Gasteiger partial charge on any atom is 0.395 e. The molecule has 2 atom stereocenters. The Balaban J connectivity index is 1.45. The molecule has 1 aliphatic carbocycles. The Morgan fingerprint density at radius 1 is 1.24 bits per heavy atom. The third-order valence-electron chi connectivity index (χ3n) is 6.86. The number of likely N-dealkylation sites (N-methyl/N-ethyl adjacent to an activating group) is 1. The largest absolute Gasteiger partial charge is 0.395 e. The first-order chi connectivity index (χ1) is 16.1. The van der Waals surface area contributed by atoms with E-state index in [-0.39, 0.29) is 37.7 Å². The van der Waals surface area contributed by atoms with Crippen LogP contribution >= 0.6 is 0 Å². The van der Waals surface area contributed by atoms with Crippen molar-refractivity contribution in [3.8, 4) is 0 Å². The second kappa shape index (κ2) is 9.32. The van der Waals surface area contributed by atoms with Gasteiger partial charge in [-0.2, -0.15) is 18.3 Å². The zero-order valence-electron chi connectivity index (χ0n) is 19.0. The number of carbonyl (C=O) groups excluding carboxylic acids is 1. The standard InChI is InChI=1S/C24H27F4N5O/c1-33(2)17(10-15-5-6-20-18(22(15)25)14-31-32-20)13-30-21(34)11-19(16-4-3-9-29-12-16)23(7-8-23)24(26,27)28/h3-6,9,12,14,17,19H,7-8,10-11,13H2,1-2H3,(H,30,34)(H,31,32)/t17-,19-/m0/s1. The Morgan fingerprint density at radius 2 is 2.00 bits per heavy atom. The Hall–Kier alpha value is -3.01. The minimum absolute atomic E-state index is 0.000566. The topological polar surface area (TPSA) is 73.9 Å². The Labute approximate surface area is 194 Å². The van der Waals surface area contributed by atoms with Gasteiger partial charge in [-0.05, 0) is 56.6 Å². The predicted octanol–water partition coefficient (Wildman–Crippen LogP) is 4.20. The quantitative estimate of drug-likeness (QED) is 0.453. The molecule has 0 saturated heterocycles. The molecule has 6 nitrogen and oxygen atoms in total. The van der Waals surface area contributed by atoms with Crippen LogP contribution in [0.25, 0.3) is 10.9 Å². The van der Waals surface area contributed by atoms with Crippen molar-refractivity contribution in [1.29, 1.82) is 0 Å². The number of amides is 1. The second-order valence-corrected chi connectivity index (χ2v) is 9.19. The van der Waals surface area contributed by atoms with E-state index in [2.05, 4.69) is 20.5 Å². The van der Waals surface area contributed by atoms with Crippen molar-refractivity contribution in [1.82, 2.24) is 25.4 Å². The molecule has 10 heteroatoms. The number of nitrogens with one attached hydrogen (secondary N) is 2. The molecule has 1 amide bonds. The average molecular weight is 478 g/mol. The van der Waals surface area contributed by atoms with Crippen molar-refractivity contribution in [2.24, 2.45) is 5.41 Å². The highest BCUT2D eigenvalue weighted by Crippen LogP contribution is 2.66. The molecule has 2 aromatic heterocycles. The Bertz CT molecular complexity index is 1140. The Morgan fingerprint density at radius 3 is 2.62 bits per heavy atom. The number of halogens is 4.